The SMILES string of the molecule is Cc1nc2c(c(=O)n(CCO)c(=O)n2C)n1Cc1ccc(Cl)cc1. The molecule has 0 bridgehead atoms. The average Bonchev–Trinajstić information content (AvgIpc) is 2.89. The molecule has 0 unspecified atom stereocenters. The molecule has 8 heteroatoms. The number of hydrogen-bond acceptors (Lipinski definition) is 4. The van der Waals surface area contributed by atoms with Crippen LogP contribution in [0, 0.1) is 6.92 Å². The van der Waals surface area contributed by atoms with Gasteiger partial charge in [-0.3, -0.25) is 13.9 Å². The molecule has 0 aliphatic rings. The number of benzene rings is 1. The second-order valence-electron chi connectivity index (χ2n) is 5.57. The van der Waals surface area contributed by atoms with Gasteiger partial charge >= 0.3 is 5.69 Å². The highest BCUT2D eigenvalue weighted by atomic mass is 35.5. The van der Waals surface area contributed by atoms with Crippen LogP contribution in [0.5, 0.6) is 0 Å². The fraction of sp³-hybridized carbons (Fsp3) is 0.312. The van der Waals surface area contributed by atoms with Crippen LogP contribution in [0.1, 0.15) is 11.4 Å². The summed E-state index contributed by atoms with van der Waals surface area (Å²) in [6.07, 6.45) is 0. The molecule has 7 nitrogen and oxygen atoms in total. The van der Waals surface area contributed by atoms with Crippen LogP contribution >= 0.6 is 11.6 Å². The number of fused-ring (bicyclic) bond motifs is 1. The fourth-order valence-electron chi connectivity index (χ4n) is 2.74. The number of aliphatic hydroxyl groups excluding tert-OH is 1. The minimum atomic E-state index is -0.488. The van der Waals surface area contributed by atoms with E-state index in [9.17, 15) is 9.59 Å². The molecule has 3 rings (SSSR count). The Kier molecular flexibility index (Phi) is 4.29. The summed E-state index contributed by atoms with van der Waals surface area (Å²) in [4.78, 5) is 29.4. The Balaban J connectivity index is 2.25. The van der Waals surface area contributed by atoms with Crippen molar-refractivity contribution in [1.82, 2.24) is 18.7 Å². The average molecular weight is 349 g/mol. The molecule has 0 radical (unpaired) electrons. The fourth-order valence-corrected chi connectivity index (χ4v) is 2.87. The zero-order valence-corrected chi connectivity index (χ0v) is 14.1. The summed E-state index contributed by atoms with van der Waals surface area (Å²) in [5.41, 5.74) is 0.710. The van der Waals surface area contributed by atoms with Crippen molar-refractivity contribution in [2.75, 3.05) is 6.61 Å². The minimum absolute atomic E-state index is 0.0490. The predicted molar refractivity (Wildman–Crippen MR) is 91.6 cm³/mol. The molecular formula is C16H17ClN4O3. The summed E-state index contributed by atoms with van der Waals surface area (Å²) in [7, 11) is 1.57. The zero-order chi connectivity index (χ0) is 17.4. The van der Waals surface area contributed by atoms with Crippen LogP contribution in [0.2, 0.25) is 5.02 Å². The molecule has 1 N–H and O–H groups in total. The van der Waals surface area contributed by atoms with Crippen molar-refractivity contribution in [2.24, 2.45) is 7.05 Å². The molecule has 126 valence electrons. The van der Waals surface area contributed by atoms with Crippen LogP contribution < -0.4 is 11.2 Å². The van der Waals surface area contributed by atoms with Gasteiger partial charge in [0.2, 0.25) is 0 Å². The number of rotatable bonds is 4. The Morgan fingerprint density at radius 3 is 2.46 bits per heavy atom. The molecule has 0 saturated carbocycles. The summed E-state index contributed by atoms with van der Waals surface area (Å²) in [6, 6.07) is 7.32. The lowest BCUT2D eigenvalue weighted by Crippen LogP contribution is -2.40. The van der Waals surface area contributed by atoms with Crippen molar-refractivity contribution in [1.29, 1.82) is 0 Å². The molecule has 0 atom stereocenters. The largest absolute Gasteiger partial charge is 0.395 e. The van der Waals surface area contributed by atoms with Crippen molar-refractivity contribution < 1.29 is 5.11 Å². The first-order chi connectivity index (χ1) is 11.4. The molecule has 0 amide bonds. The standard InChI is InChI=1S/C16H17ClN4O3/c1-10-18-14-13(15(23)20(7-8-22)16(24)19(14)2)21(10)9-11-3-5-12(17)6-4-11/h3-6,22H,7-9H2,1-2H3. The second kappa shape index (κ2) is 6.26. The van der Waals surface area contributed by atoms with E-state index < -0.39 is 11.2 Å². The Bertz CT molecular complexity index is 1010. The Labute approximate surface area is 142 Å². The third-order valence-corrected chi connectivity index (χ3v) is 4.25. The lowest BCUT2D eigenvalue weighted by atomic mass is 10.2. The Morgan fingerprint density at radius 2 is 1.83 bits per heavy atom. The van der Waals surface area contributed by atoms with Gasteiger partial charge in [0.1, 0.15) is 5.82 Å². The molecule has 0 spiro atoms. The number of imidazole rings is 1. The van der Waals surface area contributed by atoms with Gasteiger partial charge in [0, 0.05) is 18.6 Å². The molecule has 1 aromatic carbocycles. The van der Waals surface area contributed by atoms with E-state index in [2.05, 4.69) is 4.98 Å². The van der Waals surface area contributed by atoms with Gasteiger partial charge in [0.25, 0.3) is 5.56 Å². The van der Waals surface area contributed by atoms with Crippen LogP contribution in [-0.2, 0) is 20.1 Å². The molecule has 2 aromatic heterocycles. The van der Waals surface area contributed by atoms with Gasteiger partial charge in [-0.05, 0) is 24.6 Å². The van der Waals surface area contributed by atoms with Crippen molar-refractivity contribution in [3.63, 3.8) is 0 Å². The van der Waals surface area contributed by atoms with Gasteiger partial charge in [-0.25, -0.2) is 9.78 Å². The summed E-state index contributed by atoms with van der Waals surface area (Å²) >= 11 is 5.90. The molecular weight excluding hydrogens is 332 g/mol. The maximum atomic E-state index is 12.7. The van der Waals surface area contributed by atoms with Gasteiger partial charge in [-0.15, -0.1) is 0 Å². The van der Waals surface area contributed by atoms with Gasteiger partial charge in [-0.1, -0.05) is 23.7 Å². The van der Waals surface area contributed by atoms with Gasteiger partial charge in [0.15, 0.2) is 11.2 Å². The quantitative estimate of drug-likeness (QED) is 0.759. The van der Waals surface area contributed by atoms with E-state index in [0.717, 1.165) is 10.1 Å². The highest BCUT2D eigenvalue weighted by molar-refractivity contribution is 6.30. The van der Waals surface area contributed by atoms with Crippen molar-refractivity contribution >= 4 is 22.8 Å². The maximum Gasteiger partial charge on any atom is 0.332 e. The van der Waals surface area contributed by atoms with Crippen molar-refractivity contribution in [3.05, 3.63) is 61.5 Å². The number of aliphatic hydroxyl groups is 1. The minimum Gasteiger partial charge on any atom is -0.395 e. The van der Waals surface area contributed by atoms with Gasteiger partial charge < -0.3 is 9.67 Å². The molecule has 0 saturated heterocycles. The Hall–Kier alpha value is -2.38. The van der Waals surface area contributed by atoms with Crippen LogP contribution in [0.4, 0.5) is 0 Å². The van der Waals surface area contributed by atoms with Crippen LogP contribution in [0.15, 0.2) is 33.9 Å². The van der Waals surface area contributed by atoms with E-state index in [1.54, 1.807) is 30.7 Å². The summed E-state index contributed by atoms with van der Waals surface area (Å²) in [6.45, 7) is 1.89. The van der Waals surface area contributed by atoms with Gasteiger partial charge in [-0.2, -0.15) is 0 Å². The van der Waals surface area contributed by atoms with Crippen LogP contribution in [0.25, 0.3) is 11.2 Å². The van der Waals surface area contributed by atoms with Crippen LogP contribution in [-0.4, -0.2) is 30.4 Å². The first-order valence-electron chi connectivity index (χ1n) is 7.46. The van der Waals surface area contributed by atoms with E-state index in [1.165, 1.54) is 4.57 Å². The molecule has 24 heavy (non-hydrogen) atoms. The topological polar surface area (TPSA) is 82.1 Å². The van der Waals surface area contributed by atoms with E-state index >= 15 is 0 Å². The number of hydrogen-bond donors (Lipinski definition) is 1. The molecule has 2 heterocycles. The number of nitrogens with zero attached hydrogens (tertiary/aromatic N) is 4. The summed E-state index contributed by atoms with van der Waals surface area (Å²) in [5, 5.41) is 9.76. The monoisotopic (exact) mass is 348 g/mol. The van der Waals surface area contributed by atoms with E-state index in [0.29, 0.717) is 28.6 Å². The zero-order valence-electron chi connectivity index (χ0n) is 13.4. The van der Waals surface area contributed by atoms with E-state index in [4.69, 9.17) is 16.7 Å². The molecule has 0 fully saturated rings. The Morgan fingerprint density at radius 1 is 1.17 bits per heavy atom. The first-order valence-corrected chi connectivity index (χ1v) is 7.83. The third kappa shape index (κ3) is 2.65. The maximum absolute atomic E-state index is 12.7. The predicted octanol–water partition coefficient (Wildman–Crippen LogP) is 0.899. The van der Waals surface area contributed by atoms with Crippen molar-refractivity contribution in [3.8, 4) is 0 Å². The number of aromatic nitrogens is 4. The summed E-state index contributed by atoms with van der Waals surface area (Å²) in [5.74, 6) is 0.633. The van der Waals surface area contributed by atoms with Crippen molar-refractivity contribution in [2.45, 2.75) is 20.0 Å². The lowest BCUT2D eigenvalue weighted by molar-refractivity contribution is 0.271. The molecule has 0 aliphatic carbocycles. The lowest BCUT2D eigenvalue weighted by Gasteiger charge is -2.10. The van der Waals surface area contributed by atoms with Crippen LogP contribution in [0.3, 0.4) is 0 Å². The third-order valence-electron chi connectivity index (χ3n) is 4.00. The number of halogens is 1. The molecule has 3 aromatic rings. The highest BCUT2D eigenvalue weighted by Gasteiger charge is 2.18. The van der Waals surface area contributed by atoms with Gasteiger partial charge in [0.05, 0.1) is 13.2 Å². The van der Waals surface area contributed by atoms with E-state index in [1.807, 2.05) is 12.1 Å². The molecule has 0 aliphatic heterocycles. The normalized spacial score (nSPS) is 11.3. The van der Waals surface area contributed by atoms with E-state index in [-0.39, 0.29) is 13.2 Å². The second-order valence-corrected chi connectivity index (χ2v) is 6.00. The highest BCUT2D eigenvalue weighted by Crippen LogP contribution is 2.15. The summed E-state index contributed by atoms with van der Waals surface area (Å²) < 4.78 is 4.13. The smallest absolute Gasteiger partial charge is 0.332 e. The number of aryl methyl sites for hydroxylation is 2. The first kappa shape index (κ1) is 16.5.